The first-order valence-corrected chi connectivity index (χ1v) is 6.59. The van der Waals surface area contributed by atoms with Gasteiger partial charge in [0.25, 0.3) is 0 Å². The molecule has 5 nitrogen and oxygen atoms in total. The molecular weight excluding hydrogens is 242 g/mol. The molecule has 102 valence electrons. The van der Waals surface area contributed by atoms with Gasteiger partial charge in [0.2, 0.25) is 0 Å². The lowest BCUT2D eigenvalue weighted by atomic mass is 10.00. The number of hydrogen-bond acceptors (Lipinski definition) is 3. The van der Waals surface area contributed by atoms with E-state index >= 15 is 0 Å². The highest BCUT2D eigenvalue weighted by Gasteiger charge is 2.28. The van der Waals surface area contributed by atoms with Crippen molar-refractivity contribution in [1.29, 1.82) is 0 Å². The van der Waals surface area contributed by atoms with Gasteiger partial charge in [-0.25, -0.2) is 4.79 Å². The van der Waals surface area contributed by atoms with Crippen LogP contribution < -0.4 is 4.90 Å². The maximum Gasteiger partial charge on any atom is 0.324 e. The van der Waals surface area contributed by atoms with Crippen LogP contribution in [0.2, 0.25) is 0 Å². The molecule has 1 aliphatic rings. The number of carbonyl (C=O) groups excluding carboxylic acids is 1. The maximum absolute atomic E-state index is 12.5. The number of benzene rings is 1. The summed E-state index contributed by atoms with van der Waals surface area (Å²) < 4.78 is 0. The minimum Gasteiger partial charge on any atom is -0.411 e. The SMILES string of the molecule is CCN(CC)C(=O)N1CCC(=NO)c2ccccc21. The first kappa shape index (κ1) is 13.4. The number of nitrogens with zero attached hydrogens (tertiary/aromatic N) is 3. The Bertz CT molecular complexity index is 495. The van der Waals surface area contributed by atoms with Crippen LogP contribution in [-0.4, -0.2) is 41.5 Å². The first-order valence-electron chi connectivity index (χ1n) is 6.59. The number of fused-ring (bicyclic) bond motifs is 1. The summed E-state index contributed by atoms with van der Waals surface area (Å²) in [5.41, 5.74) is 2.29. The van der Waals surface area contributed by atoms with Crippen LogP contribution >= 0.6 is 0 Å². The summed E-state index contributed by atoms with van der Waals surface area (Å²) in [6.07, 6.45) is 0.570. The summed E-state index contributed by atoms with van der Waals surface area (Å²) in [5.74, 6) is 0. The summed E-state index contributed by atoms with van der Waals surface area (Å²) in [5, 5.41) is 12.4. The van der Waals surface area contributed by atoms with Crippen LogP contribution in [0, 0.1) is 0 Å². The van der Waals surface area contributed by atoms with Gasteiger partial charge < -0.3 is 10.1 Å². The molecular formula is C14H19N3O2. The summed E-state index contributed by atoms with van der Waals surface area (Å²) in [4.78, 5) is 16.0. The number of carbonyl (C=O) groups is 1. The fraction of sp³-hybridized carbons (Fsp3) is 0.429. The van der Waals surface area contributed by atoms with Crippen LogP contribution in [0.4, 0.5) is 10.5 Å². The molecule has 0 saturated carbocycles. The number of rotatable bonds is 2. The van der Waals surface area contributed by atoms with Gasteiger partial charge in [-0.05, 0) is 19.9 Å². The molecule has 0 aliphatic carbocycles. The van der Waals surface area contributed by atoms with E-state index in [4.69, 9.17) is 5.21 Å². The summed E-state index contributed by atoms with van der Waals surface area (Å²) >= 11 is 0. The van der Waals surface area contributed by atoms with E-state index in [1.54, 1.807) is 9.80 Å². The van der Waals surface area contributed by atoms with E-state index in [1.807, 2.05) is 38.1 Å². The lowest BCUT2D eigenvalue weighted by Gasteiger charge is -2.33. The fourth-order valence-corrected chi connectivity index (χ4v) is 2.39. The molecule has 1 aromatic carbocycles. The highest BCUT2D eigenvalue weighted by atomic mass is 16.4. The van der Waals surface area contributed by atoms with Gasteiger partial charge in [0.1, 0.15) is 0 Å². The molecule has 2 rings (SSSR count). The molecule has 1 aromatic rings. The van der Waals surface area contributed by atoms with Crippen LogP contribution in [0.5, 0.6) is 0 Å². The summed E-state index contributed by atoms with van der Waals surface area (Å²) in [6.45, 7) is 5.87. The normalized spacial score (nSPS) is 16.3. The van der Waals surface area contributed by atoms with Crippen LogP contribution in [0.15, 0.2) is 29.4 Å². The van der Waals surface area contributed by atoms with Gasteiger partial charge in [0.15, 0.2) is 0 Å². The smallest absolute Gasteiger partial charge is 0.324 e. The molecule has 0 radical (unpaired) electrons. The topological polar surface area (TPSA) is 56.1 Å². The molecule has 0 aromatic heterocycles. The summed E-state index contributed by atoms with van der Waals surface area (Å²) in [7, 11) is 0. The van der Waals surface area contributed by atoms with Crippen LogP contribution in [-0.2, 0) is 0 Å². The molecule has 0 unspecified atom stereocenters. The third kappa shape index (κ3) is 2.41. The highest BCUT2D eigenvalue weighted by molar-refractivity contribution is 6.10. The second-order valence-corrected chi connectivity index (χ2v) is 4.42. The predicted molar refractivity (Wildman–Crippen MR) is 75.0 cm³/mol. The molecule has 0 fully saturated rings. The van der Waals surface area contributed by atoms with Crippen LogP contribution in [0.1, 0.15) is 25.8 Å². The minimum atomic E-state index is 0.00874. The number of oxime groups is 1. The zero-order valence-electron chi connectivity index (χ0n) is 11.3. The van der Waals surface area contributed by atoms with Gasteiger partial charge in [0.05, 0.1) is 11.4 Å². The van der Waals surface area contributed by atoms with E-state index < -0.39 is 0 Å². The Morgan fingerprint density at radius 3 is 2.68 bits per heavy atom. The van der Waals surface area contributed by atoms with Gasteiger partial charge in [-0.3, -0.25) is 4.90 Å². The van der Waals surface area contributed by atoms with Crippen LogP contribution in [0.3, 0.4) is 0 Å². The van der Waals surface area contributed by atoms with E-state index in [9.17, 15) is 4.79 Å². The molecule has 0 bridgehead atoms. The quantitative estimate of drug-likeness (QED) is 0.657. The number of anilines is 1. The monoisotopic (exact) mass is 261 g/mol. The number of para-hydroxylation sites is 1. The van der Waals surface area contributed by atoms with Crippen molar-refractivity contribution in [3.63, 3.8) is 0 Å². The van der Waals surface area contributed by atoms with Gasteiger partial charge in [-0.2, -0.15) is 0 Å². The highest BCUT2D eigenvalue weighted by Crippen LogP contribution is 2.28. The zero-order chi connectivity index (χ0) is 13.8. The Morgan fingerprint density at radius 2 is 2.05 bits per heavy atom. The van der Waals surface area contributed by atoms with Gasteiger partial charge in [0, 0.05) is 31.6 Å². The van der Waals surface area contributed by atoms with E-state index in [0.717, 1.165) is 11.3 Å². The lowest BCUT2D eigenvalue weighted by molar-refractivity contribution is 0.210. The molecule has 5 heteroatoms. The Morgan fingerprint density at radius 1 is 1.37 bits per heavy atom. The standard InChI is InChI=1S/C14H19N3O2/c1-3-16(4-2)14(18)17-10-9-12(15-19)11-7-5-6-8-13(11)17/h5-8,19H,3-4,9-10H2,1-2H3. The lowest BCUT2D eigenvalue weighted by Crippen LogP contribution is -2.46. The van der Waals surface area contributed by atoms with Gasteiger partial charge >= 0.3 is 6.03 Å². The average Bonchev–Trinajstić information content (AvgIpc) is 2.47. The minimum absolute atomic E-state index is 0.00874. The van der Waals surface area contributed by atoms with E-state index in [1.165, 1.54) is 0 Å². The third-order valence-corrected chi connectivity index (χ3v) is 3.46. The van der Waals surface area contributed by atoms with Crippen molar-refractivity contribution in [2.45, 2.75) is 20.3 Å². The number of hydrogen-bond donors (Lipinski definition) is 1. The molecule has 19 heavy (non-hydrogen) atoms. The molecule has 0 atom stereocenters. The van der Waals surface area contributed by atoms with Crippen molar-refractivity contribution in [1.82, 2.24) is 4.90 Å². The van der Waals surface area contributed by atoms with Crippen molar-refractivity contribution in [2.75, 3.05) is 24.5 Å². The Labute approximate surface area is 113 Å². The predicted octanol–water partition coefficient (Wildman–Crippen LogP) is 2.54. The van der Waals surface area contributed by atoms with Crippen molar-refractivity contribution in [2.24, 2.45) is 5.16 Å². The zero-order valence-corrected chi connectivity index (χ0v) is 11.3. The average molecular weight is 261 g/mol. The van der Waals surface area contributed by atoms with Gasteiger partial charge in [-0.15, -0.1) is 0 Å². The molecule has 1 aliphatic heterocycles. The Hall–Kier alpha value is -2.04. The first-order chi connectivity index (χ1) is 9.22. The number of amides is 2. The van der Waals surface area contributed by atoms with E-state index in [-0.39, 0.29) is 6.03 Å². The molecule has 1 N–H and O–H groups in total. The van der Waals surface area contributed by atoms with E-state index in [2.05, 4.69) is 5.16 Å². The van der Waals surface area contributed by atoms with Crippen LogP contribution in [0.25, 0.3) is 0 Å². The molecule has 2 amide bonds. The second-order valence-electron chi connectivity index (χ2n) is 4.42. The Balaban J connectivity index is 2.37. The van der Waals surface area contributed by atoms with Gasteiger partial charge in [-0.1, -0.05) is 23.4 Å². The second kappa shape index (κ2) is 5.73. The molecule has 0 saturated heterocycles. The molecule has 1 heterocycles. The van der Waals surface area contributed by atoms with Crippen molar-refractivity contribution in [3.8, 4) is 0 Å². The number of urea groups is 1. The fourth-order valence-electron chi connectivity index (χ4n) is 2.39. The van der Waals surface area contributed by atoms with Crippen molar-refractivity contribution < 1.29 is 10.0 Å². The Kier molecular flexibility index (Phi) is 4.04. The maximum atomic E-state index is 12.5. The van der Waals surface area contributed by atoms with E-state index in [0.29, 0.717) is 31.8 Å². The van der Waals surface area contributed by atoms with Crippen molar-refractivity contribution in [3.05, 3.63) is 29.8 Å². The third-order valence-electron chi connectivity index (χ3n) is 3.46. The van der Waals surface area contributed by atoms with Crippen molar-refractivity contribution >= 4 is 17.4 Å². The molecule has 0 spiro atoms. The largest absolute Gasteiger partial charge is 0.411 e. The summed E-state index contributed by atoms with van der Waals surface area (Å²) in [6, 6.07) is 7.55.